The third kappa shape index (κ3) is 2.21. The average molecular weight is 465 g/mol. The Morgan fingerprint density at radius 3 is 2.09 bits per heavy atom. The molecule has 0 N–H and O–H groups in total. The number of nitro benzene ring substituents is 1. The topological polar surface area (TPSA) is 80.5 Å². The van der Waals surface area contributed by atoms with Crippen LogP contribution >= 0.6 is 23.2 Å². The zero-order chi connectivity index (χ0) is 22.4. The van der Waals surface area contributed by atoms with Crippen molar-refractivity contribution in [3.8, 4) is 0 Å². The Morgan fingerprint density at radius 1 is 0.906 bits per heavy atom. The smallest absolute Gasteiger partial charge is 0.271 e. The molecule has 8 heteroatoms. The van der Waals surface area contributed by atoms with Crippen molar-refractivity contribution < 1.29 is 14.5 Å². The van der Waals surface area contributed by atoms with Gasteiger partial charge in [-0.1, -0.05) is 60.1 Å². The number of hydrogen-bond acceptors (Lipinski definition) is 4. The van der Waals surface area contributed by atoms with E-state index >= 15 is 0 Å². The van der Waals surface area contributed by atoms with E-state index in [9.17, 15) is 19.7 Å². The number of hydrogen-bond donors (Lipinski definition) is 0. The number of amides is 2. The van der Waals surface area contributed by atoms with Crippen molar-refractivity contribution in [1.82, 2.24) is 0 Å². The van der Waals surface area contributed by atoms with Gasteiger partial charge in [0, 0.05) is 18.1 Å². The molecular weight excluding hydrogens is 451 g/mol. The minimum atomic E-state index is -1.22. The molecule has 3 aromatic rings. The fourth-order valence-electron chi connectivity index (χ4n) is 5.70. The Bertz CT molecular complexity index is 1320. The summed E-state index contributed by atoms with van der Waals surface area (Å²) >= 11 is 13.7. The molecule has 1 aliphatic heterocycles. The maximum atomic E-state index is 13.8. The molecule has 0 saturated carbocycles. The summed E-state index contributed by atoms with van der Waals surface area (Å²) in [6, 6.07) is 19.0. The van der Waals surface area contributed by atoms with E-state index in [1.54, 1.807) is 0 Å². The highest BCUT2D eigenvalue weighted by Crippen LogP contribution is 2.66. The average Bonchev–Trinajstić information content (AvgIpc) is 3.06. The zero-order valence-electron chi connectivity index (χ0n) is 16.4. The molecular formula is C24H14Cl2N2O4. The molecule has 1 heterocycles. The standard InChI is InChI=1S/C24H14Cl2N2O4/c25-17-10-9-12(28(31)32)11-18(17)27-22(29)20-19-13-5-1-3-7-15(13)24(26,21(20)23(27)30)16-8-4-2-6-14(16)19/h1-11,19-21H/t19?,20-,21+,24?/m0/s1. The van der Waals surface area contributed by atoms with Crippen LogP contribution in [0.4, 0.5) is 11.4 Å². The van der Waals surface area contributed by atoms with Crippen LogP contribution in [0.1, 0.15) is 28.2 Å². The largest absolute Gasteiger partial charge is 0.274 e. The monoisotopic (exact) mass is 464 g/mol. The van der Waals surface area contributed by atoms with Gasteiger partial charge in [-0.3, -0.25) is 19.7 Å². The normalized spacial score (nSPS) is 27.2. The SMILES string of the molecule is O=C1[C@H]2C3c4ccccc4C(Cl)(c4ccccc43)[C@H]2C(=O)N1c1cc([N+](=O)[O-])ccc1Cl. The molecule has 2 bridgehead atoms. The van der Waals surface area contributed by atoms with Crippen molar-refractivity contribution in [2.24, 2.45) is 11.8 Å². The Hall–Kier alpha value is -3.22. The van der Waals surface area contributed by atoms with Gasteiger partial charge >= 0.3 is 0 Å². The molecule has 2 amide bonds. The number of nitrogens with zero attached hydrogens (tertiary/aromatic N) is 2. The van der Waals surface area contributed by atoms with E-state index in [1.807, 2.05) is 48.5 Å². The van der Waals surface area contributed by atoms with E-state index in [1.165, 1.54) is 18.2 Å². The van der Waals surface area contributed by atoms with Gasteiger partial charge in [0.05, 0.1) is 27.5 Å². The molecule has 1 saturated heterocycles. The summed E-state index contributed by atoms with van der Waals surface area (Å²) in [5.41, 5.74) is 3.25. The van der Waals surface area contributed by atoms with Gasteiger partial charge in [0.2, 0.25) is 11.8 Å². The van der Waals surface area contributed by atoms with E-state index in [0.29, 0.717) is 0 Å². The van der Waals surface area contributed by atoms with Crippen LogP contribution < -0.4 is 4.90 Å². The number of halogens is 2. The molecule has 3 aromatic carbocycles. The number of non-ortho nitro benzene ring substituents is 1. The highest BCUT2D eigenvalue weighted by atomic mass is 35.5. The summed E-state index contributed by atoms with van der Waals surface area (Å²) in [4.78, 5) is 38.0. The summed E-state index contributed by atoms with van der Waals surface area (Å²) in [6.07, 6.45) is 0. The fraction of sp³-hybridized carbons (Fsp3) is 0.167. The van der Waals surface area contributed by atoms with Crippen molar-refractivity contribution in [1.29, 1.82) is 0 Å². The molecule has 1 fully saturated rings. The second-order valence-corrected chi connectivity index (χ2v) is 9.28. The Balaban J connectivity index is 1.60. The summed E-state index contributed by atoms with van der Waals surface area (Å²) in [6.45, 7) is 0. The van der Waals surface area contributed by atoms with Gasteiger partial charge in [-0.2, -0.15) is 0 Å². The van der Waals surface area contributed by atoms with Crippen LogP contribution in [0.25, 0.3) is 0 Å². The number of carbonyl (C=O) groups excluding carboxylic acids is 2. The first-order valence-electron chi connectivity index (χ1n) is 10.0. The molecule has 0 spiro atoms. The second kappa shape index (κ2) is 6.40. The maximum absolute atomic E-state index is 13.8. The predicted octanol–water partition coefficient (Wildman–Crippen LogP) is 5.00. The molecule has 7 rings (SSSR count). The molecule has 0 unspecified atom stereocenters. The lowest BCUT2D eigenvalue weighted by Crippen LogP contribution is -2.50. The molecule has 2 atom stereocenters. The molecule has 158 valence electrons. The summed E-state index contributed by atoms with van der Waals surface area (Å²) in [5.74, 6) is -2.85. The number of imide groups is 1. The molecule has 32 heavy (non-hydrogen) atoms. The fourth-order valence-corrected chi connectivity index (χ4v) is 6.48. The highest BCUT2D eigenvalue weighted by Gasteiger charge is 2.68. The van der Waals surface area contributed by atoms with Crippen LogP contribution in [0.15, 0.2) is 66.7 Å². The molecule has 0 aromatic heterocycles. The van der Waals surface area contributed by atoms with Gasteiger partial charge in [-0.25, -0.2) is 4.90 Å². The van der Waals surface area contributed by atoms with Crippen LogP contribution in [0.5, 0.6) is 0 Å². The number of rotatable bonds is 2. The van der Waals surface area contributed by atoms with Crippen molar-refractivity contribution in [2.45, 2.75) is 10.8 Å². The van der Waals surface area contributed by atoms with Gasteiger partial charge in [0.15, 0.2) is 0 Å². The number of anilines is 1. The van der Waals surface area contributed by atoms with Gasteiger partial charge in [-0.05, 0) is 28.3 Å². The van der Waals surface area contributed by atoms with Crippen molar-refractivity contribution >= 4 is 46.4 Å². The first-order chi connectivity index (χ1) is 15.4. The van der Waals surface area contributed by atoms with Crippen LogP contribution in [-0.4, -0.2) is 16.7 Å². The van der Waals surface area contributed by atoms with Crippen LogP contribution in [-0.2, 0) is 14.5 Å². The number of benzene rings is 3. The molecule has 0 radical (unpaired) electrons. The van der Waals surface area contributed by atoms with Gasteiger partial charge in [0.25, 0.3) is 5.69 Å². The highest BCUT2D eigenvalue weighted by molar-refractivity contribution is 6.38. The second-order valence-electron chi connectivity index (χ2n) is 8.27. The molecule has 3 aliphatic carbocycles. The van der Waals surface area contributed by atoms with Gasteiger partial charge in [0.1, 0.15) is 4.87 Å². The third-order valence-electron chi connectivity index (χ3n) is 6.90. The van der Waals surface area contributed by atoms with E-state index in [2.05, 4.69) is 0 Å². The summed E-state index contributed by atoms with van der Waals surface area (Å²) in [5, 5.41) is 11.4. The Kier molecular flexibility index (Phi) is 3.89. The lowest BCUT2D eigenvalue weighted by atomic mass is 9.54. The van der Waals surface area contributed by atoms with Crippen LogP contribution in [0.3, 0.4) is 0 Å². The lowest BCUT2D eigenvalue weighted by molar-refractivity contribution is -0.384. The predicted molar refractivity (Wildman–Crippen MR) is 119 cm³/mol. The van der Waals surface area contributed by atoms with Crippen molar-refractivity contribution in [2.75, 3.05) is 4.90 Å². The lowest BCUT2D eigenvalue weighted by Gasteiger charge is -2.50. The number of carbonyl (C=O) groups is 2. The zero-order valence-corrected chi connectivity index (χ0v) is 17.9. The first kappa shape index (κ1) is 19.5. The molecule has 4 aliphatic rings. The van der Waals surface area contributed by atoms with Crippen molar-refractivity contribution in [3.63, 3.8) is 0 Å². The van der Waals surface area contributed by atoms with E-state index in [4.69, 9.17) is 23.2 Å². The summed E-state index contributed by atoms with van der Waals surface area (Å²) in [7, 11) is 0. The van der Waals surface area contributed by atoms with E-state index < -0.39 is 33.4 Å². The van der Waals surface area contributed by atoms with Gasteiger partial charge in [-0.15, -0.1) is 11.6 Å². The van der Waals surface area contributed by atoms with Crippen LogP contribution in [0.2, 0.25) is 5.02 Å². The maximum Gasteiger partial charge on any atom is 0.271 e. The van der Waals surface area contributed by atoms with Gasteiger partial charge < -0.3 is 0 Å². The first-order valence-corrected chi connectivity index (χ1v) is 10.8. The number of nitro groups is 1. The quantitative estimate of drug-likeness (QED) is 0.231. The Labute approximate surface area is 192 Å². The number of alkyl halides is 1. The molecule has 6 nitrogen and oxygen atoms in total. The minimum absolute atomic E-state index is 0.0121. The van der Waals surface area contributed by atoms with E-state index in [0.717, 1.165) is 27.2 Å². The minimum Gasteiger partial charge on any atom is -0.274 e. The van der Waals surface area contributed by atoms with E-state index in [-0.39, 0.29) is 22.3 Å². The van der Waals surface area contributed by atoms with Crippen molar-refractivity contribution in [3.05, 3.63) is 104 Å². The summed E-state index contributed by atoms with van der Waals surface area (Å²) < 4.78 is 0. The van der Waals surface area contributed by atoms with Crippen LogP contribution in [0, 0.1) is 22.0 Å². The Morgan fingerprint density at radius 2 is 1.50 bits per heavy atom. The third-order valence-corrected chi connectivity index (χ3v) is 7.86.